The maximum absolute atomic E-state index is 12.1. The van der Waals surface area contributed by atoms with E-state index in [1.165, 1.54) is 18.2 Å². The number of nitrogens with one attached hydrogen (secondary N) is 1. The number of nitro groups is 1. The van der Waals surface area contributed by atoms with Crippen molar-refractivity contribution in [2.75, 3.05) is 13.2 Å². The topological polar surface area (TPSA) is 92.5 Å². The predicted molar refractivity (Wildman–Crippen MR) is 78.6 cm³/mol. The maximum atomic E-state index is 12.1. The average Bonchev–Trinajstić information content (AvgIpc) is 2.36. The molecule has 6 nitrogen and oxygen atoms in total. The van der Waals surface area contributed by atoms with E-state index in [1.807, 2.05) is 13.8 Å². The number of aliphatic hydroxyl groups is 1. The fraction of sp³-hybridized carbons (Fsp3) is 0.462. The summed E-state index contributed by atoms with van der Waals surface area (Å²) in [5.41, 5.74) is -0.149. The number of carbonyl (C=O) groups is 1. The number of benzene rings is 1. The van der Waals surface area contributed by atoms with Crippen LogP contribution in [0, 0.1) is 15.5 Å². The molecular formula is C13H17BrN2O4. The van der Waals surface area contributed by atoms with Crippen molar-refractivity contribution < 1.29 is 14.8 Å². The molecule has 1 aromatic carbocycles. The number of nitrogens with zero attached hydrogens (tertiary/aromatic N) is 1. The van der Waals surface area contributed by atoms with Gasteiger partial charge >= 0.3 is 0 Å². The second kappa shape index (κ2) is 6.81. The van der Waals surface area contributed by atoms with Crippen molar-refractivity contribution in [2.24, 2.45) is 5.41 Å². The van der Waals surface area contributed by atoms with Crippen molar-refractivity contribution in [1.29, 1.82) is 0 Å². The van der Waals surface area contributed by atoms with Crippen LogP contribution >= 0.6 is 15.9 Å². The lowest BCUT2D eigenvalue weighted by Gasteiger charge is -2.23. The minimum Gasteiger partial charge on any atom is -0.396 e. The number of hydrogen-bond acceptors (Lipinski definition) is 4. The maximum Gasteiger partial charge on any atom is 0.270 e. The van der Waals surface area contributed by atoms with E-state index in [1.54, 1.807) is 0 Å². The molecule has 0 fully saturated rings. The number of non-ortho nitro benzene ring substituents is 1. The molecule has 0 heterocycles. The smallest absolute Gasteiger partial charge is 0.270 e. The molecule has 20 heavy (non-hydrogen) atoms. The minimum atomic E-state index is -0.543. The monoisotopic (exact) mass is 344 g/mol. The first kappa shape index (κ1) is 16.6. The van der Waals surface area contributed by atoms with Crippen LogP contribution in [0.3, 0.4) is 0 Å². The van der Waals surface area contributed by atoms with Crippen LogP contribution in [-0.2, 0) is 0 Å². The van der Waals surface area contributed by atoms with Gasteiger partial charge in [0.2, 0.25) is 0 Å². The third-order valence-corrected chi connectivity index (χ3v) is 3.61. The molecule has 0 aliphatic heterocycles. The highest BCUT2D eigenvalue weighted by Gasteiger charge is 2.20. The number of amides is 1. The van der Waals surface area contributed by atoms with Crippen LogP contribution in [0.15, 0.2) is 22.7 Å². The number of aliphatic hydroxyl groups excluding tert-OH is 1. The highest BCUT2D eigenvalue weighted by molar-refractivity contribution is 9.10. The fourth-order valence-electron chi connectivity index (χ4n) is 1.61. The molecule has 1 rings (SSSR count). The lowest BCUT2D eigenvalue weighted by atomic mass is 9.89. The molecular weight excluding hydrogens is 328 g/mol. The van der Waals surface area contributed by atoms with Crippen LogP contribution in [0.4, 0.5) is 5.69 Å². The van der Waals surface area contributed by atoms with Crippen LogP contribution in [0.1, 0.15) is 30.6 Å². The van der Waals surface area contributed by atoms with Crippen molar-refractivity contribution in [3.63, 3.8) is 0 Å². The second-order valence-corrected chi connectivity index (χ2v) is 6.10. The van der Waals surface area contributed by atoms with Gasteiger partial charge in [-0.3, -0.25) is 14.9 Å². The van der Waals surface area contributed by atoms with Crippen LogP contribution in [0.25, 0.3) is 0 Å². The Morgan fingerprint density at radius 2 is 2.15 bits per heavy atom. The van der Waals surface area contributed by atoms with E-state index in [4.69, 9.17) is 5.11 Å². The summed E-state index contributed by atoms with van der Waals surface area (Å²) < 4.78 is 0.501. The standard InChI is InChI=1S/C13H17BrN2O4/c1-13(2,5-6-17)8-15-12(18)10-7-9(16(19)20)3-4-11(10)14/h3-4,7,17H,5-6,8H2,1-2H3,(H,15,18). The molecule has 0 aliphatic rings. The second-order valence-electron chi connectivity index (χ2n) is 5.24. The van der Waals surface area contributed by atoms with Gasteiger partial charge in [0.05, 0.1) is 10.5 Å². The van der Waals surface area contributed by atoms with Gasteiger partial charge in [-0.1, -0.05) is 13.8 Å². The largest absolute Gasteiger partial charge is 0.396 e. The summed E-state index contributed by atoms with van der Waals surface area (Å²) in [5, 5.41) is 22.4. The van der Waals surface area contributed by atoms with E-state index in [2.05, 4.69) is 21.2 Å². The SMILES string of the molecule is CC(C)(CCO)CNC(=O)c1cc([N+](=O)[O-])ccc1Br. The Bertz CT molecular complexity index is 517. The molecule has 110 valence electrons. The Hall–Kier alpha value is -1.47. The van der Waals surface area contributed by atoms with Crippen molar-refractivity contribution in [2.45, 2.75) is 20.3 Å². The summed E-state index contributed by atoms with van der Waals surface area (Å²) in [7, 11) is 0. The number of nitro benzene ring substituents is 1. The molecule has 0 atom stereocenters. The van der Waals surface area contributed by atoms with E-state index in [-0.39, 0.29) is 29.2 Å². The van der Waals surface area contributed by atoms with Crippen molar-refractivity contribution in [1.82, 2.24) is 5.32 Å². The van der Waals surface area contributed by atoms with E-state index in [0.717, 1.165) is 0 Å². The summed E-state index contributed by atoms with van der Waals surface area (Å²) >= 11 is 3.21. The van der Waals surface area contributed by atoms with Gasteiger partial charge in [0.1, 0.15) is 0 Å². The van der Waals surface area contributed by atoms with Crippen LogP contribution in [-0.4, -0.2) is 29.1 Å². The number of hydrogen-bond donors (Lipinski definition) is 2. The van der Waals surface area contributed by atoms with Gasteiger partial charge < -0.3 is 10.4 Å². The van der Waals surface area contributed by atoms with Gasteiger partial charge in [0, 0.05) is 29.8 Å². The molecule has 1 aromatic rings. The Morgan fingerprint density at radius 3 is 2.70 bits per heavy atom. The quantitative estimate of drug-likeness (QED) is 0.612. The fourth-order valence-corrected chi connectivity index (χ4v) is 2.03. The Balaban J connectivity index is 2.82. The first-order valence-electron chi connectivity index (χ1n) is 6.10. The third kappa shape index (κ3) is 4.57. The molecule has 0 aliphatic carbocycles. The molecule has 7 heteroatoms. The van der Waals surface area contributed by atoms with Crippen molar-refractivity contribution >= 4 is 27.5 Å². The number of rotatable bonds is 6. The predicted octanol–water partition coefficient (Wildman–Crippen LogP) is 2.50. The van der Waals surface area contributed by atoms with Crippen LogP contribution in [0.5, 0.6) is 0 Å². The molecule has 0 unspecified atom stereocenters. The van der Waals surface area contributed by atoms with Gasteiger partial charge in [0.25, 0.3) is 11.6 Å². The first-order chi connectivity index (χ1) is 9.26. The van der Waals surface area contributed by atoms with Crippen molar-refractivity contribution in [3.05, 3.63) is 38.3 Å². The van der Waals surface area contributed by atoms with E-state index >= 15 is 0 Å². The van der Waals surface area contributed by atoms with Crippen LogP contribution in [0.2, 0.25) is 0 Å². The lowest BCUT2D eigenvalue weighted by Crippen LogP contribution is -2.34. The normalized spacial score (nSPS) is 11.2. The van der Waals surface area contributed by atoms with Gasteiger partial charge in [-0.25, -0.2) is 0 Å². The third-order valence-electron chi connectivity index (χ3n) is 2.92. The molecule has 0 saturated heterocycles. The Morgan fingerprint density at radius 1 is 1.50 bits per heavy atom. The highest BCUT2D eigenvalue weighted by atomic mass is 79.9. The average molecular weight is 345 g/mol. The van der Waals surface area contributed by atoms with E-state index in [0.29, 0.717) is 17.4 Å². The Kier molecular flexibility index (Phi) is 5.64. The zero-order valence-corrected chi connectivity index (χ0v) is 12.9. The molecule has 0 radical (unpaired) electrons. The molecule has 0 saturated carbocycles. The zero-order valence-electron chi connectivity index (χ0n) is 11.4. The van der Waals surface area contributed by atoms with Crippen LogP contribution < -0.4 is 5.32 Å². The van der Waals surface area contributed by atoms with E-state index < -0.39 is 4.92 Å². The summed E-state index contributed by atoms with van der Waals surface area (Å²) in [6.45, 7) is 4.27. The number of halogens is 1. The molecule has 0 bridgehead atoms. The van der Waals surface area contributed by atoms with Gasteiger partial charge in [0.15, 0.2) is 0 Å². The van der Waals surface area contributed by atoms with Gasteiger partial charge in [-0.2, -0.15) is 0 Å². The van der Waals surface area contributed by atoms with E-state index in [9.17, 15) is 14.9 Å². The Labute approximate surface area is 125 Å². The number of carbonyl (C=O) groups excluding carboxylic acids is 1. The minimum absolute atomic E-state index is 0.0450. The first-order valence-corrected chi connectivity index (χ1v) is 6.89. The summed E-state index contributed by atoms with van der Waals surface area (Å²) in [6.07, 6.45) is 0.559. The molecule has 2 N–H and O–H groups in total. The lowest BCUT2D eigenvalue weighted by molar-refractivity contribution is -0.384. The van der Waals surface area contributed by atoms with Gasteiger partial charge in [-0.15, -0.1) is 0 Å². The summed E-state index contributed by atoms with van der Waals surface area (Å²) in [4.78, 5) is 22.2. The summed E-state index contributed by atoms with van der Waals surface area (Å²) in [5.74, 6) is -0.383. The highest BCUT2D eigenvalue weighted by Crippen LogP contribution is 2.23. The molecule has 0 aromatic heterocycles. The van der Waals surface area contributed by atoms with Crippen molar-refractivity contribution in [3.8, 4) is 0 Å². The van der Waals surface area contributed by atoms with Gasteiger partial charge in [-0.05, 0) is 33.8 Å². The zero-order chi connectivity index (χ0) is 15.3. The molecule has 1 amide bonds. The molecule has 0 spiro atoms. The summed E-state index contributed by atoms with van der Waals surface area (Å²) in [6, 6.07) is 4.04.